The Morgan fingerprint density at radius 1 is 1.30 bits per heavy atom. The summed E-state index contributed by atoms with van der Waals surface area (Å²) in [5, 5.41) is 6.45. The zero-order valence-corrected chi connectivity index (χ0v) is 18.7. The lowest BCUT2D eigenvalue weighted by atomic mass is 10.1. The topological polar surface area (TPSA) is 134 Å². The predicted molar refractivity (Wildman–Crippen MR) is 116 cm³/mol. The first-order chi connectivity index (χ1) is 14.3. The highest BCUT2D eigenvalue weighted by molar-refractivity contribution is 7.87. The molecule has 2 aromatic heterocycles. The molecule has 0 saturated carbocycles. The van der Waals surface area contributed by atoms with Crippen LogP contribution < -0.4 is 15.4 Å². The molecule has 0 spiro atoms. The molecule has 1 saturated heterocycles. The van der Waals surface area contributed by atoms with Gasteiger partial charge >= 0.3 is 0 Å². The number of aromatic nitrogens is 4. The Hall–Kier alpha value is -2.31. The summed E-state index contributed by atoms with van der Waals surface area (Å²) in [5.41, 5.74) is 1.28. The third-order valence-corrected chi connectivity index (χ3v) is 6.83. The third-order valence-electron chi connectivity index (χ3n) is 5.17. The number of anilines is 2. The zero-order chi connectivity index (χ0) is 21.9. The van der Waals surface area contributed by atoms with Crippen LogP contribution in [0.15, 0.2) is 6.33 Å². The fourth-order valence-corrected chi connectivity index (χ4v) is 4.79. The number of nitrogens with one attached hydrogen (secondary N) is 3. The number of carbonyl (C=O) groups is 1. The normalized spacial score (nSPS) is 18.6. The van der Waals surface area contributed by atoms with Crippen LogP contribution in [0.25, 0.3) is 11.2 Å². The van der Waals surface area contributed by atoms with Gasteiger partial charge in [-0.25, -0.2) is 9.71 Å². The summed E-state index contributed by atoms with van der Waals surface area (Å²) in [6, 6.07) is -0.480. The van der Waals surface area contributed by atoms with Crippen molar-refractivity contribution >= 4 is 38.9 Å². The van der Waals surface area contributed by atoms with Crippen LogP contribution in [0, 0.1) is 0 Å². The van der Waals surface area contributed by atoms with Crippen molar-refractivity contribution in [2.75, 3.05) is 30.3 Å². The molecule has 166 valence electrons. The second kappa shape index (κ2) is 9.23. The maximum atomic E-state index is 12.3. The van der Waals surface area contributed by atoms with Crippen molar-refractivity contribution in [2.24, 2.45) is 0 Å². The van der Waals surface area contributed by atoms with Crippen molar-refractivity contribution in [1.29, 1.82) is 0 Å². The van der Waals surface area contributed by atoms with Crippen molar-refractivity contribution in [1.82, 2.24) is 28.5 Å². The quantitative estimate of drug-likeness (QED) is 0.499. The minimum atomic E-state index is -3.47. The summed E-state index contributed by atoms with van der Waals surface area (Å²) in [4.78, 5) is 25.4. The summed E-state index contributed by atoms with van der Waals surface area (Å²) in [6.45, 7) is 9.01. The Labute approximate surface area is 176 Å². The van der Waals surface area contributed by atoms with E-state index in [1.54, 1.807) is 13.3 Å². The number of hydrogen-bond donors (Lipinski definition) is 3. The van der Waals surface area contributed by atoms with E-state index in [9.17, 15) is 13.2 Å². The van der Waals surface area contributed by atoms with Gasteiger partial charge in [0.15, 0.2) is 22.8 Å². The Morgan fingerprint density at radius 3 is 2.70 bits per heavy atom. The molecule has 12 heteroatoms. The van der Waals surface area contributed by atoms with E-state index < -0.39 is 10.2 Å². The van der Waals surface area contributed by atoms with Gasteiger partial charge in [-0.2, -0.15) is 22.7 Å². The molecule has 3 heterocycles. The standard InChI is InChI=1S/C18H30N8O3S/c1-5-14(12(4)27)22-18-23-16(15-17(24-18)25(7-3)11-19-15)21-13-8-9-26(10-13)30(28,29)20-6-2/h11,13-14,20H,5-10H2,1-4H3,(H2,21,22,23,24)/t13?,14-/m0/s1. The van der Waals surface area contributed by atoms with Gasteiger partial charge in [-0.1, -0.05) is 13.8 Å². The van der Waals surface area contributed by atoms with Crippen molar-refractivity contribution in [3.8, 4) is 0 Å². The van der Waals surface area contributed by atoms with E-state index in [1.165, 1.54) is 11.2 Å². The molecule has 11 nitrogen and oxygen atoms in total. The van der Waals surface area contributed by atoms with E-state index in [0.29, 0.717) is 62.0 Å². The van der Waals surface area contributed by atoms with Gasteiger partial charge in [-0.15, -0.1) is 0 Å². The Morgan fingerprint density at radius 2 is 2.07 bits per heavy atom. The fraction of sp³-hybridized carbons (Fsp3) is 0.667. The van der Waals surface area contributed by atoms with Crippen molar-refractivity contribution in [2.45, 2.75) is 59.2 Å². The number of aryl methyl sites for hydroxylation is 1. The molecule has 2 aromatic rings. The van der Waals surface area contributed by atoms with Gasteiger partial charge in [0.05, 0.1) is 12.4 Å². The summed E-state index contributed by atoms with van der Waals surface area (Å²) in [6.07, 6.45) is 2.97. The zero-order valence-electron chi connectivity index (χ0n) is 17.8. The first-order valence-electron chi connectivity index (χ1n) is 10.3. The lowest BCUT2D eigenvalue weighted by molar-refractivity contribution is -0.117. The maximum Gasteiger partial charge on any atom is 0.279 e. The second-order valence-electron chi connectivity index (χ2n) is 7.31. The molecule has 2 atom stereocenters. The smallest absolute Gasteiger partial charge is 0.279 e. The number of hydrogen-bond acceptors (Lipinski definition) is 8. The highest BCUT2D eigenvalue weighted by atomic mass is 32.2. The van der Waals surface area contributed by atoms with Crippen molar-refractivity contribution in [3.05, 3.63) is 6.33 Å². The number of nitrogens with zero attached hydrogens (tertiary/aromatic N) is 5. The molecule has 3 rings (SSSR count). The first-order valence-corrected chi connectivity index (χ1v) is 11.7. The largest absolute Gasteiger partial charge is 0.364 e. The number of Topliss-reactive ketones (excluding diaryl/α,β-unsaturated/α-hetero) is 1. The van der Waals surface area contributed by atoms with Gasteiger partial charge in [-0.3, -0.25) is 4.79 Å². The summed E-state index contributed by atoms with van der Waals surface area (Å²) < 4.78 is 30.4. The van der Waals surface area contributed by atoms with Crippen molar-refractivity contribution < 1.29 is 13.2 Å². The average molecular weight is 439 g/mol. The lowest BCUT2D eigenvalue weighted by Crippen LogP contribution is -2.40. The van der Waals surface area contributed by atoms with Gasteiger partial charge < -0.3 is 15.2 Å². The first kappa shape index (κ1) is 22.4. The van der Waals surface area contributed by atoms with Gasteiger partial charge in [-0.05, 0) is 26.7 Å². The number of ketones is 1. The molecular weight excluding hydrogens is 408 g/mol. The summed E-state index contributed by atoms with van der Waals surface area (Å²) >= 11 is 0. The van der Waals surface area contributed by atoms with Crippen LogP contribution in [0.5, 0.6) is 0 Å². The molecular formula is C18H30N8O3S. The molecule has 1 unspecified atom stereocenters. The lowest BCUT2D eigenvalue weighted by Gasteiger charge is -2.18. The van der Waals surface area contributed by atoms with Gasteiger partial charge in [0, 0.05) is 32.2 Å². The van der Waals surface area contributed by atoms with Crippen LogP contribution in [-0.2, 0) is 21.5 Å². The summed E-state index contributed by atoms with van der Waals surface area (Å²) in [7, 11) is -3.47. The van der Waals surface area contributed by atoms with E-state index in [0.717, 1.165) is 0 Å². The van der Waals surface area contributed by atoms with E-state index in [-0.39, 0.29) is 17.9 Å². The molecule has 3 N–H and O–H groups in total. The molecule has 0 amide bonds. The molecule has 1 fully saturated rings. The molecule has 30 heavy (non-hydrogen) atoms. The summed E-state index contributed by atoms with van der Waals surface area (Å²) in [5.74, 6) is 0.887. The molecule has 1 aliphatic heterocycles. The van der Waals surface area contributed by atoms with Crippen LogP contribution in [0.2, 0.25) is 0 Å². The van der Waals surface area contributed by atoms with Crippen LogP contribution in [0.1, 0.15) is 40.5 Å². The molecule has 0 bridgehead atoms. The molecule has 0 radical (unpaired) electrons. The van der Waals surface area contributed by atoms with Crippen LogP contribution in [-0.4, -0.2) is 69.7 Å². The number of imidazole rings is 1. The van der Waals surface area contributed by atoms with Crippen LogP contribution in [0.4, 0.5) is 11.8 Å². The number of carbonyl (C=O) groups excluding carboxylic acids is 1. The highest BCUT2D eigenvalue weighted by Crippen LogP contribution is 2.24. The van der Waals surface area contributed by atoms with Crippen LogP contribution >= 0.6 is 0 Å². The third kappa shape index (κ3) is 4.71. The minimum absolute atomic E-state index is 0.0137. The molecule has 1 aliphatic rings. The second-order valence-corrected chi connectivity index (χ2v) is 9.06. The SMILES string of the molecule is CCNS(=O)(=O)N1CCC(Nc2nc(N[C@@H](CC)C(C)=O)nc3c2ncn3CC)C1. The predicted octanol–water partition coefficient (Wildman–Crippen LogP) is 0.966. The Bertz CT molecular complexity index is 1010. The Balaban J connectivity index is 1.87. The fourth-order valence-electron chi connectivity index (χ4n) is 3.52. The van der Waals surface area contributed by atoms with E-state index in [4.69, 9.17) is 0 Å². The van der Waals surface area contributed by atoms with E-state index in [2.05, 4.69) is 30.3 Å². The highest BCUT2D eigenvalue weighted by Gasteiger charge is 2.31. The number of fused-ring (bicyclic) bond motifs is 1. The van der Waals surface area contributed by atoms with E-state index >= 15 is 0 Å². The van der Waals surface area contributed by atoms with E-state index in [1.807, 2.05) is 18.4 Å². The Kier molecular flexibility index (Phi) is 6.88. The van der Waals surface area contributed by atoms with Gasteiger partial charge in [0.1, 0.15) is 0 Å². The number of rotatable bonds is 10. The average Bonchev–Trinajstić information content (AvgIpc) is 3.33. The van der Waals surface area contributed by atoms with Crippen LogP contribution in [0.3, 0.4) is 0 Å². The minimum Gasteiger partial charge on any atom is -0.364 e. The molecule has 0 aromatic carbocycles. The maximum absolute atomic E-state index is 12.3. The molecule has 0 aliphatic carbocycles. The van der Waals surface area contributed by atoms with Gasteiger partial charge in [0.2, 0.25) is 5.95 Å². The van der Waals surface area contributed by atoms with Gasteiger partial charge in [0.25, 0.3) is 10.2 Å². The monoisotopic (exact) mass is 438 g/mol. The van der Waals surface area contributed by atoms with Crippen molar-refractivity contribution in [3.63, 3.8) is 0 Å².